The van der Waals surface area contributed by atoms with Crippen LogP contribution < -0.4 is 0 Å². The molecule has 2 heteroatoms. The molecule has 0 saturated carbocycles. The fraction of sp³-hybridized carbons (Fsp3) is 0.875. The van der Waals surface area contributed by atoms with Crippen molar-refractivity contribution in [3.63, 3.8) is 0 Å². The zero-order chi connectivity index (χ0) is 13.3. The van der Waals surface area contributed by atoms with Gasteiger partial charge in [0.1, 0.15) is 0 Å². The maximum atomic E-state index is 8.64. The zero-order valence-electron chi connectivity index (χ0n) is 11.9. The van der Waals surface area contributed by atoms with E-state index in [4.69, 9.17) is 10.2 Å². The van der Waals surface area contributed by atoms with Crippen molar-refractivity contribution in [1.82, 2.24) is 0 Å². The molecule has 0 fully saturated rings. The summed E-state index contributed by atoms with van der Waals surface area (Å²) in [4.78, 5) is 0. The standard InChI is InChI=1S/C16H32O2/c17-15-13-11-9-7-5-3-1-2-4-6-8-10-12-14-16-18/h5,7,17-18H,1-4,6,8-16H2/b7-5-. The van der Waals surface area contributed by atoms with Gasteiger partial charge in [0.05, 0.1) is 0 Å². The molecule has 2 N–H and O–H groups in total. The van der Waals surface area contributed by atoms with Crippen LogP contribution in [0.25, 0.3) is 0 Å². The molecule has 0 aliphatic heterocycles. The van der Waals surface area contributed by atoms with Gasteiger partial charge in [0.25, 0.3) is 0 Å². The molecule has 0 unspecified atom stereocenters. The van der Waals surface area contributed by atoms with Gasteiger partial charge in [-0.1, -0.05) is 50.7 Å². The van der Waals surface area contributed by atoms with Gasteiger partial charge in [0.2, 0.25) is 0 Å². The first-order chi connectivity index (χ1) is 8.91. The Kier molecular flexibility index (Phi) is 16.3. The van der Waals surface area contributed by atoms with Crippen LogP contribution in [0.3, 0.4) is 0 Å². The number of hydrogen-bond donors (Lipinski definition) is 2. The summed E-state index contributed by atoms with van der Waals surface area (Å²) in [5.74, 6) is 0. The van der Waals surface area contributed by atoms with Crippen molar-refractivity contribution in [2.45, 2.75) is 77.0 Å². The molecule has 108 valence electrons. The van der Waals surface area contributed by atoms with Gasteiger partial charge in [-0.3, -0.25) is 0 Å². The summed E-state index contributed by atoms with van der Waals surface area (Å²) < 4.78 is 0. The molecule has 0 spiro atoms. The molecule has 0 aromatic rings. The average Bonchev–Trinajstić information content (AvgIpc) is 2.39. The molecule has 0 heterocycles. The van der Waals surface area contributed by atoms with Gasteiger partial charge in [0, 0.05) is 13.2 Å². The summed E-state index contributed by atoms with van der Waals surface area (Å²) in [6.45, 7) is 0.677. The molecule has 2 nitrogen and oxygen atoms in total. The van der Waals surface area contributed by atoms with E-state index in [2.05, 4.69) is 12.2 Å². The summed E-state index contributed by atoms with van der Waals surface area (Å²) in [6, 6.07) is 0. The summed E-state index contributed by atoms with van der Waals surface area (Å²) in [7, 11) is 0. The Morgan fingerprint density at radius 1 is 0.444 bits per heavy atom. The third-order valence-corrected chi connectivity index (χ3v) is 3.22. The van der Waals surface area contributed by atoms with Crippen LogP contribution in [0.4, 0.5) is 0 Å². The summed E-state index contributed by atoms with van der Waals surface area (Å²) in [5, 5.41) is 17.3. The van der Waals surface area contributed by atoms with E-state index in [1.807, 2.05) is 0 Å². The first-order valence-corrected chi connectivity index (χ1v) is 7.78. The monoisotopic (exact) mass is 256 g/mol. The predicted molar refractivity (Wildman–Crippen MR) is 78.7 cm³/mol. The number of allylic oxidation sites excluding steroid dienone is 2. The van der Waals surface area contributed by atoms with E-state index in [0.29, 0.717) is 13.2 Å². The van der Waals surface area contributed by atoms with Crippen LogP contribution in [-0.2, 0) is 0 Å². The second kappa shape index (κ2) is 16.7. The second-order valence-electron chi connectivity index (χ2n) is 5.03. The van der Waals surface area contributed by atoms with Crippen molar-refractivity contribution >= 4 is 0 Å². The summed E-state index contributed by atoms with van der Waals surface area (Å²) in [6.07, 6.45) is 19.1. The van der Waals surface area contributed by atoms with Crippen molar-refractivity contribution in [3.05, 3.63) is 12.2 Å². The molecule has 0 aliphatic carbocycles. The summed E-state index contributed by atoms with van der Waals surface area (Å²) in [5.41, 5.74) is 0. The third kappa shape index (κ3) is 15.7. The number of rotatable bonds is 14. The number of aliphatic hydroxyl groups is 2. The van der Waals surface area contributed by atoms with E-state index >= 15 is 0 Å². The first kappa shape index (κ1) is 17.7. The molecular formula is C16H32O2. The lowest BCUT2D eigenvalue weighted by atomic mass is 10.1. The fourth-order valence-electron chi connectivity index (χ4n) is 2.04. The van der Waals surface area contributed by atoms with Gasteiger partial charge in [-0.25, -0.2) is 0 Å². The molecule has 0 rings (SSSR count). The highest BCUT2D eigenvalue weighted by molar-refractivity contribution is 4.81. The minimum absolute atomic E-state index is 0.326. The number of aliphatic hydroxyl groups excluding tert-OH is 2. The van der Waals surface area contributed by atoms with E-state index in [1.54, 1.807) is 0 Å². The molecule has 0 radical (unpaired) electrons. The molecule has 0 aliphatic rings. The lowest BCUT2D eigenvalue weighted by molar-refractivity contribution is 0.282. The highest BCUT2D eigenvalue weighted by Crippen LogP contribution is 2.10. The molecule has 0 saturated heterocycles. The Hall–Kier alpha value is -0.340. The van der Waals surface area contributed by atoms with Crippen LogP contribution in [0.2, 0.25) is 0 Å². The average molecular weight is 256 g/mol. The van der Waals surface area contributed by atoms with E-state index < -0.39 is 0 Å². The van der Waals surface area contributed by atoms with E-state index in [-0.39, 0.29) is 0 Å². The van der Waals surface area contributed by atoms with Crippen LogP contribution in [0.5, 0.6) is 0 Å². The predicted octanol–water partition coefficient (Wildman–Crippen LogP) is 4.21. The molecule has 0 bridgehead atoms. The second-order valence-corrected chi connectivity index (χ2v) is 5.03. The van der Waals surface area contributed by atoms with Crippen LogP contribution in [0, 0.1) is 0 Å². The van der Waals surface area contributed by atoms with Gasteiger partial charge in [-0.05, 0) is 38.5 Å². The maximum Gasteiger partial charge on any atom is 0.0431 e. The molecular weight excluding hydrogens is 224 g/mol. The first-order valence-electron chi connectivity index (χ1n) is 7.78. The molecule has 0 atom stereocenters. The molecule has 0 amide bonds. The minimum atomic E-state index is 0.326. The molecule has 0 aromatic carbocycles. The minimum Gasteiger partial charge on any atom is -0.396 e. The van der Waals surface area contributed by atoms with Crippen molar-refractivity contribution < 1.29 is 10.2 Å². The maximum absolute atomic E-state index is 8.64. The third-order valence-electron chi connectivity index (χ3n) is 3.22. The van der Waals surface area contributed by atoms with Crippen molar-refractivity contribution in [3.8, 4) is 0 Å². The zero-order valence-corrected chi connectivity index (χ0v) is 11.9. The van der Waals surface area contributed by atoms with Crippen molar-refractivity contribution in [2.24, 2.45) is 0 Å². The van der Waals surface area contributed by atoms with E-state index in [1.165, 1.54) is 51.4 Å². The van der Waals surface area contributed by atoms with Crippen molar-refractivity contribution in [1.29, 1.82) is 0 Å². The molecule has 18 heavy (non-hydrogen) atoms. The number of unbranched alkanes of at least 4 members (excludes halogenated alkanes) is 10. The topological polar surface area (TPSA) is 40.5 Å². The lowest BCUT2D eigenvalue weighted by Crippen LogP contribution is -1.84. The Morgan fingerprint density at radius 3 is 1.28 bits per heavy atom. The van der Waals surface area contributed by atoms with E-state index in [9.17, 15) is 0 Å². The fourth-order valence-corrected chi connectivity index (χ4v) is 2.04. The molecule has 0 aromatic heterocycles. The van der Waals surface area contributed by atoms with Gasteiger partial charge >= 0.3 is 0 Å². The Bertz CT molecular complexity index is 166. The quantitative estimate of drug-likeness (QED) is 0.361. The van der Waals surface area contributed by atoms with Gasteiger partial charge < -0.3 is 10.2 Å². The van der Waals surface area contributed by atoms with Gasteiger partial charge in [0.15, 0.2) is 0 Å². The van der Waals surface area contributed by atoms with Gasteiger partial charge in [-0.2, -0.15) is 0 Å². The highest BCUT2D eigenvalue weighted by Gasteiger charge is 1.91. The smallest absolute Gasteiger partial charge is 0.0431 e. The lowest BCUT2D eigenvalue weighted by Gasteiger charge is -2.00. The summed E-state index contributed by atoms with van der Waals surface area (Å²) >= 11 is 0. The van der Waals surface area contributed by atoms with Crippen LogP contribution in [0.15, 0.2) is 12.2 Å². The highest BCUT2D eigenvalue weighted by atomic mass is 16.3. The van der Waals surface area contributed by atoms with Crippen molar-refractivity contribution in [2.75, 3.05) is 13.2 Å². The van der Waals surface area contributed by atoms with E-state index in [0.717, 1.165) is 25.7 Å². The normalized spacial score (nSPS) is 11.4. The number of hydrogen-bond acceptors (Lipinski definition) is 2. The Balaban J connectivity index is 2.98. The van der Waals surface area contributed by atoms with Gasteiger partial charge in [-0.15, -0.1) is 0 Å². The van der Waals surface area contributed by atoms with Crippen LogP contribution >= 0.6 is 0 Å². The largest absolute Gasteiger partial charge is 0.396 e. The SMILES string of the molecule is OCCCC/C=C\CCCCCCCCCCO. The van der Waals surface area contributed by atoms with Crippen LogP contribution in [0.1, 0.15) is 77.0 Å². The van der Waals surface area contributed by atoms with Crippen LogP contribution in [-0.4, -0.2) is 23.4 Å². The Morgan fingerprint density at radius 2 is 0.778 bits per heavy atom. The Labute approximate surface area is 113 Å².